The molecule has 2 amide bonds. The molecule has 6 heteroatoms. The Morgan fingerprint density at radius 1 is 1.26 bits per heavy atom. The molecule has 4 aliphatic rings. The van der Waals surface area contributed by atoms with Crippen molar-refractivity contribution in [1.29, 1.82) is 0 Å². The Bertz CT molecular complexity index is 821. The van der Waals surface area contributed by atoms with Crippen LogP contribution in [0.2, 0.25) is 0 Å². The maximum absolute atomic E-state index is 14.4. The summed E-state index contributed by atoms with van der Waals surface area (Å²) < 4.78 is 20.6. The molecule has 0 N–H and O–H groups in total. The van der Waals surface area contributed by atoms with Crippen molar-refractivity contribution in [2.24, 2.45) is 5.92 Å². The second-order valence-electron chi connectivity index (χ2n) is 8.76. The Labute approximate surface area is 158 Å². The van der Waals surface area contributed by atoms with Crippen LogP contribution in [0, 0.1) is 11.7 Å². The monoisotopic (exact) mass is 372 g/mol. The van der Waals surface area contributed by atoms with E-state index in [1.165, 1.54) is 6.07 Å². The smallest absolute Gasteiger partial charge is 0.233 e. The highest BCUT2D eigenvalue weighted by Gasteiger charge is 2.68. The number of amides is 2. The molecule has 0 bridgehead atoms. The van der Waals surface area contributed by atoms with Crippen LogP contribution in [0.25, 0.3) is 0 Å². The van der Waals surface area contributed by atoms with E-state index in [1.807, 2.05) is 9.80 Å². The molecule has 4 fully saturated rings. The third-order valence-corrected chi connectivity index (χ3v) is 7.07. The summed E-state index contributed by atoms with van der Waals surface area (Å²) in [6, 6.07) is 6.38. The molecule has 3 saturated heterocycles. The molecule has 0 aromatic heterocycles. The normalized spacial score (nSPS) is 33.6. The topological polar surface area (TPSA) is 49.9 Å². The Kier molecular flexibility index (Phi) is 3.52. The lowest BCUT2D eigenvalue weighted by molar-refractivity contribution is -0.142. The van der Waals surface area contributed by atoms with Crippen molar-refractivity contribution >= 4 is 11.8 Å². The first-order chi connectivity index (χ1) is 12.9. The number of carbonyl (C=O) groups is 2. The first-order valence-corrected chi connectivity index (χ1v) is 9.93. The van der Waals surface area contributed by atoms with Gasteiger partial charge in [0.2, 0.25) is 11.8 Å². The van der Waals surface area contributed by atoms with Crippen LogP contribution in [0.3, 0.4) is 0 Å². The van der Waals surface area contributed by atoms with Gasteiger partial charge in [0.15, 0.2) is 5.72 Å². The Morgan fingerprint density at radius 3 is 2.67 bits per heavy atom. The molecule has 1 spiro atoms. The van der Waals surface area contributed by atoms with E-state index in [4.69, 9.17) is 4.74 Å². The van der Waals surface area contributed by atoms with Gasteiger partial charge in [-0.15, -0.1) is 0 Å². The van der Waals surface area contributed by atoms with E-state index >= 15 is 0 Å². The Balaban J connectivity index is 1.46. The number of rotatable bonds is 3. The average molecular weight is 372 g/mol. The molecule has 27 heavy (non-hydrogen) atoms. The standard InChI is InChI=1S/C21H25FN2O3/c1-13(2)16-12-27-21-9-10-23(17(21)11-18(25)24(16)21)19(26)20(7-8-20)14-5-3-4-6-15(14)22/h3-6,13,16-17H,7-12H2,1-2H3/t16-,17+,21-/m0/s1. The van der Waals surface area contributed by atoms with E-state index in [1.54, 1.807) is 18.2 Å². The third kappa shape index (κ3) is 2.13. The molecule has 144 valence electrons. The van der Waals surface area contributed by atoms with Crippen molar-refractivity contribution in [3.63, 3.8) is 0 Å². The van der Waals surface area contributed by atoms with Crippen LogP contribution < -0.4 is 0 Å². The lowest BCUT2D eigenvalue weighted by atomic mass is 9.93. The molecule has 1 aliphatic carbocycles. The minimum absolute atomic E-state index is 0.0410. The first-order valence-electron chi connectivity index (χ1n) is 9.93. The number of hydrogen-bond donors (Lipinski definition) is 0. The van der Waals surface area contributed by atoms with Gasteiger partial charge in [-0.2, -0.15) is 0 Å². The molecule has 3 aliphatic heterocycles. The van der Waals surface area contributed by atoms with Crippen molar-refractivity contribution < 1.29 is 18.7 Å². The van der Waals surface area contributed by atoms with Crippen LogP contribution in [0.5, 0.6) is 0 Å². The average Bonchev–Trinajstić information content (AvgIpc) is 3.13. The van der Waals surface area contributed by atoms with Gasteiger partial charge in [0.25, 0.3) is 0 Å². The molecular formula is C21H25FN2O3. The Morgan fingerprint density at radius 2 is 2.00 bits per heavy atom. The number of likely N-dealkylation sites (tertiary alicyclic amines) is 1. The molecule has 1 aromatic carbocycles. The number of carbonyl (C=O) groups excluding carboxylic acids is 2. The number of halogens is 1. The summed E-state index contributed by atoms with van der Waals surface area (Å²) in [5.74, 6) is 0.0218. The van der Waals surface area contributed by atoms with Gasteiger partial charge >= 0.3 is 0 Å². The maximum Gasteiger partial charge on any atom is 0.233 e. The van der Waals surface area contributed by atoms with Crippen LogP contribution in [-0.2, 0) is 19.7 Å². The van der Waals surface area contributed by atoms with Gasteiger partial charge in [0, 0.05) is 18.5 Å². The fraction of sp³-hybridized carbons (Fsp3) is 0.619. The van der Waals surface area contributed by atoms with E-state index in [9.17, 15) is 14.0 Å². The first kappa shape index (κ1) is 17.2. The second-order valence-corrected chi connectivity index (χ2v) is 8.76. The fourth-order valence-corrected chi connectivity index (χ4v) is 5.46. The Hall–Kier alpha value is -1.95. The molecule has 0 unspecified atom stereocenters. The van der Waals surface area contributed by atoms with Gasteiger partial charge in [-0.3, -0.25) is 9.59 Å². The minimum atomic E-state index is -0.761. The summed E-state index contributed by atoms with van der Waals surface area (Å²) >= 11 is 0. The lowest BCUT2D eigenvalue weighted by Gasteiger charge is -2.35. The number of hydrogen-bond acceptors (Lipinski definition) is 3. The van der Waals surface area contributed by atoms with Crippen molar-refractivity contribution in [1.82, 2.24) is 9.80 Å². The third-order valence-electron chi connectivity index (χ3n) is 7.07. The van der Waals surface area contributed by atoms with E-state index in [2.05, 4.69) is 13.8 Å². The predicted octanol–water partition coefficient (Wildman–Crippen LogP) is 2.44. The predicted molar refractivity (Wildman–Crippen MR) is 96.2 cm³/mol. The van der Waals surface area contributed by atoms with Crippen LogP contribution in [0.15, 0.2) is 24.3 Å². The molecular weight excluding hydrogens is 347 g/mol. The largest absolute Gasteiger partial charge is 0.351 e. The van der Waals surface area contributed by atoms with Crippen molar-refractivity contribution in [2.75, 3.05) is 13.2 Å². The highest BCUT2D eigenvalue weighted by atomic mass is 19.1. The van der Waals surface area contributed by atoms with Crippen LogP contribution in [0.1, 0.15) is 45.1 Å². The summed E-state index contributed by atoms with van der Waals surface area (Å²) in [7, 11) is 0. The molecule has 0 radical (unpaired) electrons. The van der Waals surface area contributed by atoms with Crippen LogP contribution in [-0.4, -0.2) is 52.6 Å². The number of benzene rings is 1. The second kappa shape index (κ2) is 5.53. The fourth-order valence-electron chi connectivity index (χ4n) is 5.46. The van der Waals surface area contributed by atoms with Crippen molar-refractivity contribution in [3.05, 3.63) is 35.6 Å². The van der Waals surface area contributed by atoms with Crippen molar-refractivity contribution in [3.8, 4) is 0 Å². The van der Waals surface area contributed by atoms with Gasteiger partial charge in [-0.25, -0.2) is 4.39 Å². The molecule has 1 aromatic rings. The summed E-state index contributed by atoms with van der Waals surface area (Å²) in [5.41, 5.74) is -0.944. The highest BCUT2D eigenvalue weighted by molar-refractivity contribution is 5.93. The minimum Gasteiger partial charge on any atom is -0.351 e. The van der Waals surface area contributed by atoms with Gasteiger partial charge in [0.05, 0.1) is 30.5 Å². The van der Waals surface area contributed by atoms with Gasteiger partial charge in [-0.05, 0) is 24.8 Å². The zero-order chi connectivity index (χ0) is 19.0. The van der Waals surface area contributed by atoms with E-state index in [-0.39, 0.29) is 29.7 Å². The van der Waals surface area contributed by atoms with E-state index in [0.29, 0.717) is 50.3 Å². The summed E-state index contributed by atoms with van der Waals surface area (Å²) in [6.45, 7) is 5.29. The van der Waals surface area contributed by atoms with Crippen LogP contribution in [0.4, 0.5) is 4.39 Å². The zero-order valence-electron chi connectivity index (χ0n) is 15.8. The summed E-state index contributed by atoms with van der Waals surface area (Å²) in [5, 5.41) is 0. The van der Waals surface area contributed by atoms with E-state index in [0.717, 1.165) is 0 Å². The molecule has 5 nitrogen and oxygen atoms in total. The summed E-state index contributed by atoms with van der Waals surface area (Å²) in [4.78, 5) is 30.0. The molecule has 1 saturated carbocycles. The van der Waals surface area contributed by atoms with Gasteiger partial charge in [0.1, 0.15) is 5.82 Å². The van der Waals surface area contributed by atoms with Crippen LogP contribution >= 0.6 is 0 Å². The molecule has 3 atom stereocenters. The zero-order valence-corrected chi connectivity index (χ0v) is 15.8. The van der Waals surface area contributed by atoms with E-state index < -0.39 is 11.1 Å². The van der Waals surface area contributed by atoms with Gasteiger partial charge in [-0.1, -0.05) is 32.0 Å². The van der Waals surface area contributed by atoms with Gasteiger partial charge < -0.3 is 14.5 Å². The number of ether oxygens (including phenoxy) is 1. The number of nitrogens with zero attached hydrogens (tertiary/aromatic N) is 2. The molecule has 3 heterocycles. The quantitative estimate of drug-likeness (QED) is 0.819. The van der Waals surface area contributed by atoms with Crippen molar-refractivity contribution in [2.45, 2.75) is 62.8 Å². The molecule has 5 rings (SSSR count). The lowest BCUT2D eigenvalue weighted by Crippen LogP contribution is -2.52. The highest BCUT2D eigenvalue weighted by Crippen LogP contribution is 2.54. The maximum atomic E-state index is 14.4. The summed E-state index contributed by atoms with van der Waals surface area (Å²) in [6.07, 6.45) is 2.28. The SMILES string of the molecule is CC(C)[C@@H]1CO[C@@]23CCN(C(=O)C4(c5ccccc5F)CC4)[C@@H]2CC(=O)N13.